The molecule has 0 bridgehead atoms. The summed E-state index contributed by atoms with van der Waals surface area (Å²) < 4.78 is 2.65. The zero-order valence-electron chi connectivity index (χ0n) is 11.0. The first-order chi connectivity index (χ1) is 9.51. The summed E-state index contributed by atoms with van der Waals surface area (Å²) in [5.41, 5.74) is 6.05. The van der Waals surface area contributed by atoms with Crippen molar-refractivity contribution < 1.29 is 19.8 Å². The van der Waals surface area contributed by atoms with Crippen molar-refractivity contribution in [2.75, 3.05) is 6.54 Å². The number of hydrogen-bond acceptors (Lipinski definition) is 4. The molecular formula is C13H19IN2O4. The molecule has 0 saturated carbocycles. The maximum absolute atomic E-state index is 10.3. The normalized spacial score (nSPS) is 11.1. The molecule has 1 unspecified atom stereocenters. The standard InChI is InChI=1S/C8H8O2.C5H11IN2O2/c9-8(10)6-7-4-2-1-3-5-7;6-8-4(5(9)10)2-1-3-7/h1-5H,6H2,(H,9,10);4,8H,1-3,7H2,(H,9,10). The molecule has 0 aromatic heterocycles. The maximum atomic E-state index is 10.3. The molecule has 6 nitrogen and oxygen atoms in total. The monoisotopic (exact) mass is 394 g/mol. The third-order valence-electron chi connectivity index (χ3n) is 2.32. The summed E-state index contributed by atoms with van der Waals surface area (Å²) in [6.07, 6.45) is 1.45. The van der Waals surface area contributed by atoms with Gasteiger partial charge in [0.2, 0.25) is 0 Å². The molecule has 0 aliphatic carbocycles. The topological polar surface area (TPSA) is 113 Å². The summed E-state index contributed by atoms with van der Waals surface area (Å²) >= 11 is 1.83. The highest BCUT2D eigenvalue weighted by atomic mass is 127. The average Bonchev–Trinajstić information content (AvgIpc) is 2.40. The van der Waals surface area contributed by atoms with Crippen LogP contribution in [0.4, 0.5) is 0 Å². The van der Waals surface area contributed by atoms with Crippen molar-refractivity contribution in [2.24, 2.45) is 5.73 Å². The molecule has 1 rings (SSSR count). The van der Waals surface area contributed by atoms with Gasteiger partial charge in [0.1, 0.15) is 6.04 Å². The van der Waals surface area contributed by atoms with Crippen molar-refractivity contribution in [3.05, 3.63) is 35.9 Å². The van der Waals surface area contributed by atoms with E-state index in [4.69, 9.17) is 15.9 Å². The third kappa shape index (κ3) is 9.70. The molecule has 0 saturated heterocycles. The van der Waals surface area contributed by atoms with Gasteiger partial charge in [-0.3, -0.25) is 9.59 Å². The van der Waals surface area contributed by atoms with Crippen LogP contribution in [0.25, 0.3) is 0 Å². The van der Waals surface area contributed by atoms with Crippen molar-refractivity contribution in [1.29, 1.82) is 0 Å². The van der Waals surface area contributed by atoms with Crippen LogP contribution in [-0.4, -0.2) is 34.7 Å². The molecule has 112 valence electrons. The predicted octanol–water partition coefficient (Wildman–Crippen LogP) is 1.43. The zero-order chi connectivity index (χ0) is 15.4. The first-order valence-electron chi connectivity index (χ1n) is 6.06. The van der Waals surface area contributed by atoms with E-state index in [1.54, 1.807) is 12.1 Å². The lowest BCUT2D eigenvalue weighted by Gasteiger charge is -2.07. The lowest BCUT2D eigenvalue weighted by Crippen LogP contribution is -2.30. The van der Waals surface area contributed by atoms with Crippen LogP contribution in [0.15, 0.2) is 30.3 Å². The van der Waals surface area contributed by atoms with Crippen LogP contribution in [0, 0.1) is 0 Å². The van der Waals surface area contributed by atoms with Crippen LogP contribution < -0.4 is 9.26 Å². The highest BCUT2D eigenvalue weighted by molar-refractivity contribution is 14.1. The van der Waals surface area contributed by atoms with Crippen LogP contribution in [0.3, 0.4) is 0 Å². The average molecular weight is 394 g/mol. The number of aliphatic carboxylic acids is 2. The van der Waals surface area contributed by atoms with E-state index < -0.39 is 18.0 Å². The number of benzene rings is 1. The van der Waals surface area contributed by atoms with Crippen molar-refractivity contribution in [3.8, 4) is 0 Å². The summed E-state index contributed by atoms with van der Waals surface area (Å²) in [6, 6.07) is 8.67. The van der Waals surface area contributed by atoms with Gasteiger partial charge >= 0.3 is 11.9 Å². The number of nitrogens with one attached hydrogen (secondary N) is 1. The first-order valence-corrected chi connectivity index (χ1v) is 7.13. The van der Waals surface area contributed by atoms with Crippen molar-refractivity contribution in [3.63, 3.8) is 0 Å². The molecule has 0 aliphatic heterocycles. The number of halogens is 1. The number of nitrogens with two attached hydrogens (primary N) is 1. The minimum absolute atomic E-state index is 0.112. The van der Waals surface area contributed by atoms with E-state index in [-0.39, 0.29) is 6.42 Å². The van der Waals surface area contributed by atoms with Crippen LogP contribution in [0.2, 0.25) is 0 Å². The summed E-state index contributed by atoms with van der Waals surface area (Å²) in [5, 5.41) is 16.9. The molecule has 0 fully saturated rings. The van der Waals surface area contributed by atoms with Gasteiger partial charge in [-0.1, -0.05) is 30.3 Å². The quantitative estimate of drug-likeness (QED) is 0.411. The van der Waals surface area contributed by atoms with Crippen LogP contribution >= 0.6 is 22.9 Å². The van der Waals surface area contributed by atoms with Crippen molar-refractivity contribution in [1.82, 2.24) is 3.53 Å². The molecule has 1 atom stereocenters. The lowest BCUT2D eigenvalue weighted by atomic mass is 10.2. The Morgan fingerprint density at radius 3 is 2.25 bits per heavy atom. The van der Waals surface area contributed by atoms with Crippen LogP contribution in [0.5, 0.6) is 0 Å². The number of carboxylic acids is 2. The number of carboxylic acid groups (broad SMARTS) is 2. The minimum Gasteiger partial charge on any atom is -0.481 e. The molecule has 0 amide bonds. The summed E-state index contributed by atoms with van der Waals surface area (Å²) in [5.74, 6) is -1.60. The summed E-state index contributed by atoms with van der Waals surface area (Å²) in [7, 11) is 0. The second-order valence-corrected chi connectivity index (χ2v) is 4.61. The SMILES string of the molecule is NCCCC(NI)C(=O)O.O=C(O)Cc1ccccc1. The number of hydrogen-bond donors (Lipinski definition) is 4. The van der Waals surface area contributed by atoms with E-state index in [2.05, 4.69) is 3.53 Å². The molecule has 0 spiro atoms. The number of rotatable bonds is 7. The summed E-state index contributed by atoms with van der Waals surface area (Å²) in [4.78, 5) is 20.5. The van der Waals surface area contributed by atoms with Crippen molar-refractivity contribution in [2.45, 2.75) is 25.3 Å². The van der Waals surface area contributed by atoms with E-state index >= 15 is 0 Å². The fraction of sp³-hybridized carbons (Fsp3) is 0.385. The Morgan fingerprint density at radius 2 is 1.85 bits per heavy atom. The van der Waals surface area contributed by atoms with E-state index in [1.807, 2.05) is 41.1 Å². The Hall–Kier alpha value is -1.19. The van der Waals surface area contributed by atoms with Gasteiger partial charge in [-0.25, -0.2) is 3.53 Å². The van der Waals surface area contributed by atoms with Gasteiger partial charge in [0.15, 0.2) is 0 Å². The molecule has 1 aromatic carbocycles. The molecule has 5 N–H and O–H groups in total. The maximum Gasteiger partial charge on any atom is 0.321 e. The molecule has 7 heteroatoms. The van der Waals surface area contributed by atoms with Gasteiger partial charge < -0.3 is 15.9 Å². The highest BCUT2D eigenvalue weighted by Gasteiger charge is 2.13. The van der Waals surface area contributed by atoms with Crippen molar-refractivity contribution >= 4 is 34.8 Å². The van der Waals surface area contributed by atoms with E-state index in [9.17, 15) is 9.59 Å². The Balaban J connectivity index is 0.000000361. The zero-order valence-corrected chi connectivity index (χ0v) is 13.1. The van der Waals surface area contributed by atoms with Gasteiger partial charge in [0, 0.05) is 22.9 Å². The largest absolute Gasteiger partial charge is 0.481 e. The molecule has 20 heavy (non-hydrogen) atoms. The second kappa shape index (κ2) is 11.6. The molecule has 0 aliphatic rings. The first kappa shape index (κ1) is 18.8. The van der Waals surface area contributed by atoms with Gasteiger partial charge in [0.05, 0.1) is 6.42 Å². The molecular weight excluding hydrogens is 375 g/mol. The second-order valence-electron chi connectivity index (χ2n) is 3.99. The fourth-order valence-corrected chi connectivity index (χ4v) is 1.89. The van der Waals surface area contributed by atoms with Crippen LogP contribution in [-0.2, 0) is 16.0 Å². The van der Waals surface area contributed by atoms with Gasteiger partial charge in [-0.2, -0.15) is 0 Å². The van der Waals surface area contributed by atoms with E-state index in [1.165, 1.54) is 0 Å². The predicted molar refractivity (Wildman–Crippen MR) is 84.6 cm³/mol. The molecule has 0 radical (unpaired) electrons. The van der Waals surface area contributed by atoms with Gasteiger partial charge in [-0.05, 0) is 24.9 Å². The van der Waals surface area contributed by atoms with E-state index in [0.29, 0.717) is 13.0 Å². The molecule has 0 heterocycles. The van der Waals surface area contributed by atoms with Gasteiger partial charge in [-0.15, -0.1) is 0 Å². The third-order valence-corrected chi connectivity index (χ3v) is 3.08. The number of carbonyl (C=O) groups is 2. The molecule has 1 aromatic rings. The minimum atomic E-state index is -0.817. The Kier molecular flexibility index (Phi) is 10.9. The summed E-state index contributed by atoms with van der Waals surface area (Å²) in [6.45, 7) is 0.544. The highest BCUT2D eigenvalue weighted by Crippen LogP contribution is 1.98. The van der Waals surface area contributed by atoms with E-state index in [0.717, 1.165) is 12.0 Å². The van der Waals surface area contributed by atoms with Gasteiger partial charge in [0.25, 0.3) is 0 Å². The Morgan fingerprint density at radius 1 is 1.25 bits per heavy atom. The Labute approximate surface area is 131 Å². The van der Waals surface area contributed by atoms with Crippen LogP contribution in [0.1, 0.15) is 18.4 Å². The lowest BCUT2D eigenvalue weighted by molar-refractivity contribution is -0.139. The Bertz CT molecular complexity index is 401. The smallest absolute Gasteiger partial charge is 0.321 e. The fourth-order valence-electron chi connectivity index (χ4n) is 1.32.